The van der Waals surface area contributed by atoms with Crippen LogP contribution in [0.1, 0.15) is 5.56 Å². The van der Waals surface area contributed by atoms with Crippen LogP contribution in [-0.2, 0) is 11.3 Å². The van der Waals surface area contributed by atoms with E-state index >= 15 is 0 Å². The maximum absolute atomic E-state index is 13.7. The van der Waals surface area contributed by atoms with E-state index in [1.54, 1.807) is 0 Å². The highest BCUT2D eigenvalue weighted by atomic mass is 35.5. The van der Waals surface area contributed by atoms with Crippen molar-refractivity contribution in [3.05, 3.63) is 45.8 Å². The van der Waals surface area contributed by atoms with Gasteiger partial charge in [0.05, 0.1) is 6.54 Å². The van der Waals surface area contributed by atoms with Gasteiger partial charge in [0.2, 0.25) is 0 Å². The summed E-state index contributed by atoms with van der Waals surface area (Å²) in [6.45, 7) is -0.407. The molecule has 0 saturated carbocycles. The van der Waals surface area contributed by atoms with Crippen LogP contribution in [0.5, 0.6) is 0 Å². The Morgan fingerprint density at radius 2 is 1.68 bits per heavy atom. The van der Waals surface area contributed by atoms with Gasteiger partial charge < -0.3 is 5.32 Å². The Hall–Kier alpha value is -2.08. The molecule has 2 aromatic rings. The zero-order valence-corrected chi connectivity index (χ0v) is 14.6. The number of hydrogen-bond acceptors (Lipinski definition) is 2. The fourth-order valence-corrected chi connectivity index (χ4v) is 2.34. The lowest BCUT2D eigenvalue weighted by molar-refractivity contribution is -0.343. The third-order valence-electron chi connectivity index (χ3n) is 3.37. The van der Waals surface area contributed by atoms with Crippen LogP contribution >= 0.6 is 23.2 Å². The number of halogens is 10. The Morgan fingerprint density at radius 1 is 1.07 bits per heavy atom. The second kappa shape index (κ2) is 7.39. The average Bonchev–Trinajstić information content (AvgIpc) is 2.89. The molecule has 0 aliphatic heterocycles. The number of amides is 1. The van der Waals surface area contributed by atoms with Gasteiger partial charge in [-0.1, -0.05) is 29.3 Å². The lowest BCUT2D eigenvalue weighted by atomic mass is 10.1. The van der Waals surface area contributed by atoms with E-state index in [1.807, 2.05) is 0 Å². The molecule has 4 nitrogen and oxygen atoms in total. The molecule has 1 heterocycles. The molecule has 0 spiro atoms. The van der Waals surface area contributed by atoms with E-state index in [0.717, 1.165) is 22.3 Å². The quantitative estimate of drug-likeness (QED) is 0.633. The highest BCUT2D eigenvalue weighted by Crippen LogP contribution is 2.47. The van der Waals surface area contributed by atoms with Gasteiger partial charge in [-0.15, -0.1) is 0 Å². The summed E-state index contributed by atoms with van der Waals surface area (Å²) >= 11 is 11.4. The van der Waals surface area contributed by atoms with Gasteiger partial charge in [-0.2, -0.15) is 35.8 Å². The normalized spacial score (nSPS) is 12.9. The van der Waals surface area contributed by atoms with Gasteiger partial charge in [-0.05, 0) is 12.1 Å². The van der Waals surface area contributed by atoms with Crippen LogP contribution in [-0.4, -0.2) is 33.7 Å². The van der Waals surface area contributed by atoms with Crippen molar-refractivity contribution in [3.63, 3.8) is 0 Å². The maximum Gasteiger partial charge on any atom is 0.460 e. The molecule has 1 aromatic heterocycles. The SMILES string of the molecule is O=C(Nc1nn(Cc2c(F)cccc2Cl)cc1Cl)C(F)(F)C(F)(F)C(F)(F)F. The molecule has 0 atom stereocenters. The molecule has 0 radical (unpaired) electrons. The summed E-state index contributed by atoms with van der Waals surface area (Å²) in [6, 6.07) is 3.67. The van der Waals surface area contributed by atoms with Gasteiger partial charge in [0.1, 0.15) is 10.8 Å². The Kier molecular flexibility index (Phi) is 5.86. The molecule has 0 aliphatic carbocycles. The second-order valence-corrected chi connectivity index (χ2v) is 6.14. The van der Waals surface area contributed by atoms with Crippen LogP contribution in [0.3, 0.4) is 0 Å². The molecule has 2 rings (SSSR count). The van der Waals surface area contributed by atoms with E-state index in [2.05, 4.69) is 5.10 Å². The summed E-state index contributed by atoms with van der Waals surface area (Å²) in [7, 11) is 0. The maximum atomic E-state index is 13.7. The van der Waals surface area contributed by atoms with Crippen LogP contribution in [0.25, 0.3) is 0 Å². The molecule has 1 aromatic carbocycles. The number of nitrogens with zero attached hydrogens (tertiary/aromatic N) is 2. The van der Waals surface area contributed by atoms with E-state index in [9.17, 15) is 39.9 Å². The van der Waals surface area contributed by atoms with Crippen molar-refractivity contribution in [2.24, 2.45) is 0 Å². The third-order valence-corrected chi connectivity index (χ3v) is 4.00. The monoisotopic (exact) mass is 455 g/mol. The van der Waals surface area contributed by atoms with Gasteiger partial charge >= 0.3 is 23.9 Å². The number of alkyl halides is 7. The molecular weight excluding hydrogens is 449 g/mol. The average molecular weight is 456 g/mol. The molecule has 0 bridgehead atoms. The van der Waals surface area contributed by atoms with E-state index in [1.165, 1.54) is 12.1 Å². The van der Waals surface area contributed by atoms with Gasteiger partial charge in [-0.3, -0.25) is 9.48 Å². The molecule has 0 unspecified atom stereocenters. The first-order valence-corrected chi connectivity index (χ1v) is 7.73. The molecule has 0 aliphatic rings. The Morgan fingerprint density at radius 3 is 2.21 bits per heavy atom. The summed E-state index contributed by atoms with van der Waals surface area (Å²) in [5.41, 5.74) is -0.102. The van der Waals surface area contributed by atoms with Crippen LogP contribution in [0.4, 0.5) is 40.9 Å². The molecule has 1 N–H and O–H groups in total. The summed E-state index contributed by atoms with van der Waals surface area (Å²) < 4.78 is 103. The van der Waals surface area contributed by atoms with Crippen LogP contribution < -0.4 is 5.32 Å². The van der Waals surface area contributed by atoms with Crippen LogP contribution in [0.15, 0.2) is 24.4 Å². The summed E-state index contributed by atoms with van der Waals surface area (Å²) in [4.78, 5) is 11.3. The number of rotatable bonds is 5. The lowest BCUT2D eigenvalue weighted by Crippen LogP contribution is -2.57. The van der Waals surface area contributed by atoms with Crippen LogP contribution in [0.2, 0.25) is 10.0 Å². The molecule has 14 heteroatoms. The highest BCUT2D eigenvalue weighted by Gasteiger charge is 2.76. The largest absolute Gasteiger partial charge is 0.460 e. The zero-order valence-electron chi connectivity index (χ0n) is 13.1. The van der Waals surface area contributed by atoms with Crippen LogP contribution in [0, 0.1) is 5.82 Å². The number of carbonyl (C=O) groups is 1. The first kappa shape index (κ1) is 22.2. The first-order chi connectivity index (χ1) is 12.7. The van der Waals surface area contributed by atoms with Crippen molar-refractivity contribution in [1.29, 1.82) is 0 Å². The Labute approximate surface area is 161 Å². The number of carbonyl (C=O) groups excluding carboxylic acids is 1. The van der Waals surface area contributed by atoms with E-state index < -0.39 is 47.1 Å². The van der Waals surface area contributed by atoms with Crippen molar-refractivity contribution in [3.8, 4) is 0 Å². The number of anilines is 1. The minimum absolute atomic E-state index is 0.0337. The Bertz CT molecular complexity index is 877. The predicted octanol–water partition coefficient (Wildman–Crippen LogP) is 5.15. The van der Waals surface area contributed by atoms with E-state index in [4.69, 9.17) is 23.2 Å². The summed E-state index contributed by atoms with van der Waals surface area (Å²) in [5.74, 6) is -17.5. The predicted molar refractivity (Wildman–Crippen MR) is 82.3 cm³/mol. The van der Waals surface area contributed by atoms with E-state index in [0.29, 0.717) is 0 Å². The second-order valence-electron chi connectivity index (χ2n) is 5.32. The molecule has 1 amide bonds. The number of hydrogen-bond donors (Lipinski definition) is 1. The molecular formula is C14H7Cl2F8N3O. The van der Waals surface area contributed by atoms with Gasteiger partial charge in [-0.25, -0.2) is 4.39 Å². The number of benzene rings is 1. The van der Waals surface area contributed by atoms with Crippen molar-refractivity contribution in [2.45, 2.75) is 24.6 Å². The minimum atomic E-state index is -6.68. The zero-order chi connectivity index (χ0) is 21.5. The molecule has 0 fully saturated rings. The number of nitrogens with one attached hydrogen (secondary N) is 1. The smallest absolute Gasteiger partial charge is 0.302 e. The lowest BCUT2D eigenvalue weighted by Gasteiger charge is -2.26. The standard InChI is InChI=1S/C14H7Cl2F8N3O/c15-7-2-1-3-9(17)6(7)4-27-5-8(16)10(26-27)25-11(28)12(18,19)13(20,21)14(22,23)24/h1-3,5H,4H2,(H,25,26,28). The highest BCUT2D eigenvalue weighted by molar-refractivity contribution is 6.33. The molecule has 154 valence electrons. The molecule has 28 heavy (non-hydrogen) atoms. The topological polar surface area (TPSA) is 46.9 Å². The Balaban J connectivity index is 2.25. The summed E-state index contributed by atoms with van der Waals surface area (Å²) in [5, 5.41) is 3.95. The van der Waals surface area contributed by atoms with Crippen molar-refractivity contribution >= 4 is 34.9 Å². The summed E-state index contributed by atoms with van der Waals surface area (Å²) in [6.07, 6.45) is -5.79. The van der Waals surface area contributed by atoms with Gasteiger partial charge in [0, 0.05) is 16.8 Å². The first-order valence-electron chi connectivity index (χ1n) is 6.98. The third kappa shape index (κ3) is 4.02. The van der Waals surface area contributed by atoms with Gasteiger partial charge in [0.25, 0.3) is 0 Å². The van der Waals surface area contributed by atoms with Crippen molar-refractivity contribution < 1.29 is 39.9 Å². The van der Waals surface area contributed by atoms with Gasteiger partial charge in [0.15, 0.2) is 5.82 Å². The minimum Gasteiger partial charge on any atom is -0.302 e. The fraction of sp³-hybridized carbons (Fsp3) is 0.286. The van der Waals surface area contributed by atoms with E-state index in [-0.39, 0.29) is 10.6 Å². The van der Waals surface area contributed by atoms with Crippen molar-refractivity contribution in [2.75, 3.05) is 5.32 Å². The van der Waals surface area contributed by atoms with Crippen molar-refractivity contribution in [1.82, 2.24) is 9.78 Å². The number of aromatic nitrogens is 2. The fourth-order valence-electron chi connectivity index (χ4n) is 1.91. The molecule has 0 saturated heterocycles.